The van der Waals surface area contributed by atoms with Gasteiger partial charge in [0.05, 0.1) is 0 Å². The number of hydrogen-bond donors (Lipinski definition) is 1. The van der Waals surface area contributed by atoms with Crippen LogP contribution >= 0.6 is 0 Å². The first-order chi connectivity index (χ1) is 8.16. The maximum absolute atomic E-state index is 11.9. The highest BCUT2D eigenvalue weighted by molar-refractivity contribution is 5.80. The van der Waals surface area contributed by atoms with Gasteiger partial charge in [-0.1, -0.05) is 0 Å². The van der Waals surface area contributed by atoms with Crippen molar-refractivity contribution in [2.45, 2.75) is 50.7 Å². The second-order valence-electron chi connectivity index (χ2n) is 5.97. The largest absolute Gasteiger partial charge is 0.338 e. The van der Waals surface area contributed by atoms with Gasteiger partial charge in [0, 0.05) is 37.6 Å². The third-order valence-corrected chi connectivity index (χ3v) is 4.92. The molecule has 3 rings (SSSR count). The van der Waals surface area contributed by atoms with Crippen LogP contribution in [0.2, 0.25) is 0 Å². The van der Waals surface area contributed by atoms with Gasteiger partial charge in [0.1, 0.15) is 0 Å². The molecule has 0 bridgehead atoms. The average molecular weight is 237 g/mol. The highest BCUT2D eigenvalue weighted by Crippen LogP contribution is 2.34. The summed E-state index contributed by atoms with van der Waals surface area (Å²) < 4.78 is 0. The Labute approximate surface area is 103 Å². The fourth-order valence-electron chi connectivity index (χ4n) is 3.85. The van der Waals surface area contributed by atoms with Crippen molar-refractivity contribution in [3.05, 3.63) is 0 Å². The van der Waals surface area contributed by atoms with Crippen molar-refractivity contribution in [3.8, 4) is 0 Å². The number of hydrogen-bond acceptors (Lipinski definition) is 3. The molecule has 0 aromatic rings. The normalized spacial score (nSPS) is 40.0. The molecule has 0 saturated carbocycles. The Morgan fingerprint density at radius 1 is 1.29 bits per heavy atom. The van der Waals surface area contributed by atoms with E-state index in [0.717, 1.165) is 26.1 Å². The van der Waals surface area contributed by atoms with Crippen LogP contribution in [0.5, 0.6) is 0 Å². The first kappa shape index (κ1) is 11.5. The van der Waals surface area contributed by atoms with Gasteiger partial charge in [-0.2, -0.15) is 0 Å². The van der Waals surface area contributed by atoms with E-state index in [0.29, 0.717) is 23.9 Å². The molecule has 96 valence electrons. The summed E-state index contributed by atoms with van der Waals surface area (Å²) in [5.74, 6) is 1.00. The molecule has 4 atom stereocenters. The van der Waals surface area contributed by atoms with Crippen LogP contribution in [0.25, 0.3) is 0 Å². The lowest BCUT2D eigenvalue weighted by Crippen LogP contribution is -2.42. The summed E-state index contributed by atoms with van der Waals surface area (Å²) in [5.41, 5.74) is 5.99. The number of fused-ring (bicyclic) bond motifs is 1. The van der Waals surface area contributed by atoms with Crippen molar-refractivity contribution >= 4 is 5.91 Å². The summed E-state index contributed by atoms with van der Waals surface area (Å²) >= 11 is 0. The van der Waals surface area contributed by atoms with Crippen molar-refractivity contribution in [1.82, 2.24) is 9.80 Å². The van der Waals surface area contributed by atoms with E-state index in [9.17, 15) is 4.79 Å². The molecule has 0 aliphatic carbocycles. The lowest BCUT2D eigenvalue weighted by atomic mass is 10.0. The molecule has 0 aromatic heterocycles. The molecule has 3 saturated heterocycles. The predicted molar refractivity (Wildman–Crippen MR) is 66.5 cm³/mol. The van der Waals surface area contributed by atoms with Crippen LogP contribution in [-0.4, -0.2) is 53.5 Å². The number of nitrogens with zero attached hydrogens (tertiary/aromatic N) is 2. The van der Waals surface area contributed by atoms with Crippen molar-refractivity contribution in [2.75, 3.05) is 19.6 Å². The van der Waals surface area contributed by atoms with Gasteiger partial charge in [0.2, 0.25) is 5.91 Å². The summed E-state index contributed by atoms with van der Waals surface area (Å²) in [4.78, 5) is 16.6. The summed E-state index contributed by atoms with van der Waals surface area (Å²) in [6.07, 6.45) is 4.35. The molecule has 3 aliphatic rings. The first-order valence-electron chi connectivity index (χ1n) is 6.96. The summed E-state index contributed by atoms with van der Waals surface area (Å²) in [5, 5.41) is 0. The molecule has 4 heteroatoms. The second kappa shape index (κ2) is 4.25. The molecular weight excluding hydrogens is 214 g/mol. The van der Waals surface area contributed by atoms with E-state index in [1.165, 1.54) is 19.3 Å². The van der Waals surface area contributed by atoms with Crippen molar-refractivity contribution in [2.24, 2.45) is 11.7 Å². The molecule has 4 nitrogen and oxygen atoms in total. The lowest BCUT2D eigenvalue weighted by Gasteiger charge is -2.29. The van der Waals surface area contributed by atoms with Gasteiger partial charge >= 0.3 is 0 Å². The van der Waals surface area contributed by atoms with Crippen LogP contribution in [0.1, 0.15) is 32.6 Å². The van der Waals surface area contributed by atoms with E-state index in [1.54, 1.807) is 0 Å². The fourth-order valence-corrected chi connectivity index (χ4v) is 3.85. The minimum atomic E-state index is 0.289. The van der Waals surface area contributed by atoms with E-state index >= 15 is 0 Å². The number of amides is 1. The molecule has 17 heavy (non-hydrogen) atoms. The zero-order valence-corrected chi connectivity index (χ0v) is 10.6. The van der Waals surface area contributed by atoms with Crippen LogP contribution in [0, 0.1) is 5.92 Å². The first-order valence-corrected chi connectivity index (χ1v) is 6.96. The Bertz CT molecular complexity index is 318. The minimum Gasteiger partial charge on any atom is -0.338 e. The average Bonchev–Trinajstić information content (AvgIpc) is 2.96. The van der Waals surface area contributed by atoms with E-state index in [-0.39, 0.29) is 6.04 Å². The maximum Gasteiger partial charge on any atom is 0.224 e. The smallest absolute Gasteiger partial charge is 0.224 e. The fraction of sp³-hybridized carbons (Fsp3) is 0.923. The van der Waals surface area contributed by atoms with Crippen LogP contribution < -0.4 is 5.73 Å². The van der Waals surface area contributed by atoms with Crippen LogP contribution in [0.3, 0.4) is 0 Å². The van der Waals surface area contributed by atoms with Crippen molar-refractivity contribution in [3.63, 3.8) is 0 Å². The Morgan fingerprint density at radius 3 is 2.82 bits per heavy atom. The van der Waals surface area contributed by atoms with Crippen LogP contribution in [0.15, 0.2) is 0 Å². The van der Waals surface area contributed by atoms with E-state index < -0.39 is 0 Å². The molecule has 4 unspecified atom stereocenters. The predicted octanol–water partition coefficient (Wildman–Crippen LogP) is 0.419. The third-order valence-electron chi connectivity index (χ3n) is 4.92. The number of carbonyl (C=O) groups excluding carboxylic acids is 1. The molecule has 1 amide bonds. The molecule has 3 heterocycles. The van der Waals surface area contributed by atoms with Crippen LogP contribution in [0.4, 0.5) is 0 Å². The van der Waals surface area contributed by atoms with Gasteiger partial charge in [-0.05, 0) is 38.6 Å². The summed E-state index contributed by atoms with van der Waals surface area (Å²) in [7, 11) is 0. The van der Waals surface area contributed by atoms with Gasteiger partial charge < -0.3 is 10.6 Å². The van der Waals surface area contributed by atoms with E-state index in [4.69, 9.17) is 5.73 Å². The van der Waals surface area contributed by atoms with Gasteiger partial charge in [-0.15, -0.1) is 0 Å². The zero-order valence-electron chi connectivity index (χ0n) is 10.6. The highest BCUT2D eigenvalue weighted by atomic mass is 16.2. The van der Waals surface area contributed by atoms with E-state index in [1.807, 2.05) is 0 Å². The number of rotatable bonds is 2. The zero-order chi connectivity index (χ0) is 12.0. The molecule has 0 spiro atoms. The summed E-state index contributed by atoms with van der Waals surface area (Å²) in [6, 6.07) is 1.28. The molecule has 3 aliphatic heterocycles. The van der Waals surface area contributed by atoms with Gasteiger partial charge in [0.25, 0.3) is 0 Å². The molecule has 0 aromatic carbocycles. The topological polar surface area (TPSA) is 49.6 Å². The maximum atomic E-state index is 11.9. The number of nitrogens with two attached hydrogens (primary N) is 1. The standard InChI is InChI=1S/C13H23N3O/c1-9(14)10-4-6-15(8-10)12-7-13(17)16-5-2-3-11(12)16/h9-12H,2-8,14H2,1H3. The van der Waals surface area contributed by atoms with Crippen LogP contribution in [-0.2, 0) is 4.79 Å². The Kier molecular flexibility index (Phi) is 2.87. The quantitative estimate of drug-likeness (QED) is 0.757. The van der Waals surface area contributed by atoms with Crippen molar-refractivity contribution < 1.29 is 4.79 Å². The van der Waals surface area contributed by atoms with Gasteiger partial charge in [-0.3, -0.25) is 9.69 Å². The van der Waals surface area contributed by atoms with E-state index in [2.05, 4.69) is 16.7 Å². The third kappa shape index (κ3) is 1.87. The SMILES string of the molecule is CC(N)C1CCN(C2CC(=O)N3CCCC23)C1. The number of carbonyl (C=O) groups is 1. The Hall–Kier alpha value is -0.610. The molecule has 3 fully saturated rings. The minimum absolute atomic E-state index is 0.289. The molecular formula is C13H23N3O. The molecule has 0 radical (unpaired) electrons. The number of likely N-dealkylation sites (tertiary alicyclic amines) is 1. The van der Waals surface area contributed by atoms with Gasteiger partial charge in [-0.25, -0.2) is 0 Å². The summed E-state index contributed by atoms with van der Waals surface area (Å²) in [6.45, 7) is 5.33. The lowest BCUT2D eigenvalue weighted by molar-refractivity contribution is -0.127. The Balaban J connectivity index is 1.68. The Morgan fingerprint density at radius 2 is 2.12 bits per heavy atom. The van der Waals surface area contributed by atoms with Gasteiger partial charge in [0.15, 0.2) is 0 Å². The highest BCUT2D eigenvalue weighted by Gasteiger charge is 2.46. The second-order valence-corrected chi connectivity index (χ2v) is 5.97. The molecule has 2 N–H and O–H groups in total. The van der Waals surface area contributed by atoms with Crippen molar-refractivity contribution in [1.29, 1.82) is 0 Å². The monoisotopic (exact) mass is 237 g/mol.